The Bertz CT molecular complexity index is 362. The summed E-state index contributed by atoms with van der Waals surface area (Å²) in [7, 11) is 0. The predicted octanol–water partition coefficient (Wildman–Crippen LogP) is 1.29. The maximum atomic E-state index is 5.92. The van der Waals surface area contributed by atoms with Gasteiger partial charge in [-0.3, -0.25) is 4.68 Å². The Morgan fingerprint density at radius 1 is 1.60 bits per heavy atom. The molecule has 4 nitrogen and oxygen atoms in total. The van der Waals surface area contributed by atoms with Crippen molar-refractivity contribution >= 4 is 28.3 Å². The van der Waals surface area contributed by atoms with Gasteiger partial charge in [0.15, 0.2) is 0 Å². The molecule has 1 aromatic heterocycles. The number of halogens is 2. The first-order valence-corrected chi connectivity index (χ1v) is 5.68. The highest BCUT2D eigenvalue weighted by molar-refractivity contribution is 9.10. The van der Waals surface area contributed by atoms with E-state index < -0.39 is 0 Å². The molecule has 0 unspecified atom stereocenters. The lowest BCUT2D eigenvalue weighted by atomic mass is 9.97. The van der Waals surface area contributed by atoms with Crippen molar-refractivity contribution in [3.8, 4) is 0 Å². The van der Waals surface area contributed by atoms with Crippen LogP contribution >= 0.6 is 28.3 Å². The lowest BCUT2D eigenvalue weighted by Gasteiger charge is -2.33. The standard InChI is InChI=1S/C9H12BrN3O.ClH/c10-8-5-7-9(1-2-11-6-9)14-4-3-13(7)12-8;/h5,11H,1-4,6H2;1H/t9-;/m1./s1. The highest BCUT2D eigenvalue weighted by Crippen LogP contribution is 2.35. The van der Waals surface area contributed by atoms with Crippen molar-refractivity contribution in [3.63, 3.8) is 0 Å². The van der Waals surface area contributed by atoms with Gasteiger partial charge in [0.05, 0.1) is 18.8 Å². The minimum atomic E-state index is -0.114. The van der Waals surface area contributed by atoms with Gasteiger partial charge in [-0.2, -0.15) is 5.10 Å². The normalized spacial score (nSPS) is 28.9. The van der Waals surface area contributed by atoms with Crippen LogP contribution in [-0.4, -0.2) is 29.5 Å². The summed E-state index contributed by atoms with van der Waals surface area (Å²) in [6, 6.07) is 2.08. The smallest absolute Gasteiger partial charge is 0.128 e. The SMILES string of the molecule is Brc1cc2n(n1)CCO[C@@]21CCNC1.Cl. The Kier molecular flexibility index (Phi) is 3.07. The van der Waals surface area contributed by atoms with Gasteiger partial charge in [-0.05, 0) is 35.0 Å². The Balaban J connectivity index is 0.000000853. The van der Waals surface area contributed by atoms with Gasteiger partial charge >= 0.3 is 0 Å². The fraction of sp³-hybridized carbons (Fsp3) is 0.667. The molecule has 3 rings (SSSR count). The van der Waals surface area contributed by atoms with Gasteiger partial charge < -0.3 is 10.1 Å². The summed E-state index contributed by atoms with van der Waals surface area (Å²) < 4.78 is 8.88. The summed E-state index contributed by atoms with van der Waals surface area (Å²) >= 11 is 3.41. The molecule has 3 heterocycles. The number of fused-ring (bicyclic) bond motifs is 2. The van der Waals surface area contributed by atoms with Crippen molar-refractivity contribution in [1.82, 2.24) is 15.1 Å². The van der Waals surface area contributed by atoms with Gasteiger partial charge in [0.25, 0.3) is 0 Å². The van der Waals surface area contributed by atoms with Crippen LogP contribution in [0, 0.1) is 0 Å². The zero-order chi connectivity index (χ0) is 9.60. The highest BCUT2D eigenvalue weighted by atomic mass is 79.9. The third-order valence-electron chi connectivity index (χ3n) is 3.01. The molecule has 0 bridgehead atoms. The van der Waals surface area contributed by atoms with Crippen molar-refractivity contribution in [2.45, 2.75) is 18.6 Å². The van der Waals surface area contributed by atoms with E-state index in [-0.39, 0.29) is 18.0 Å². The molecular weight excluding hydrogens is 281 g/mol. The van der Waals surface area contributed by atoms with Crippen molar-refractivity contribution in [2.75, 3.05) is 19.7 Å². The number of aromatic nitrogens is 2. The van der Waals surface area contributed by atoms with E-state index in [1.165, 1.54) is 5.69 Å². The van der Waals surface area contributed by atoms with Gasteiger partial charge in [0, 0.05) is 6.54 Å². The molecule has 0 saturated carbocycles. The minimum Gasteiger partial charge on any atom is -0.365 e. The lowest BCUT2D eigenvalue weighted by Crippen LogP contribution is -2.40. The van der Waals surface area contributed by atoms with Gasteiger partial charge in [-0.25, -0.2) is 0 Å². The fourth-order valence-electron chi connectivity index (χ4n) is 2.33. The average molecular weight is 295 g/mol. The maximum Gasteiger partial charge on any atom is 0.128 e. The molecule has 0 amide bonds. The van der Waals surface area contributed by atoms with Crippen molar-refractivity contribution < 1.29 is 4.74 Å². The van der Waals surface area contributed by atoms with E-state index >= 15 is 0 Å². The maximum absolute atomic E-state index is 5.92. The van der Waals surface area contributed by atoms with Crippen molar-refractivity contribution in [2.24, 2.45) is 0 Å². The molecule has 2 aliphatic heterocycles. The number of nitrogens with one attached hydrogen (secondary N) is 1. The summed E-state index contributed by atoms with van der Waals surface area (Å²) in [5.41, 5.74) is 1.10. The van der Waals surface area contributed by atoms with Crippen LogP contribution in [0.1, 0.15) is 12.1 Å². The number of hydrogen-bond acceptors (Lipinski definition) is 3. The molecule has 0 radical (unpaired) electrons. The lowest BCUT2D eigenvalue weighted by molar-refractivity contribution is -0.0657. The number of hydrogen-bond donors (Lipinski definition) is 1. The minimum absolute atomic E-state index is 0. The van der Waals surface area contributed by atoms with Gasteiger partial charge in [0.1, 0.15) is 10.2 Å². The van der Waals surface area contributed by atoms with Crippen LogP contribution in [0.4, 0.5) is 0 Å². The van der Waals surface area contributed by atoms with E-state index in [9.17, 15) is 0 Å². The molecule has 1 aromatic rings. The Morgan fingerprint density at radius 2 is 2.47 bits per heavy atom. The summed E-state index contributed by atoms with van der Waals surface area (Å²) in [5.74, 6) is 0. The van der Waals surface area contributed by atoms with Crippen LogP contribution in [-0.2, 0) is 16.9 Å². The molecule has 0 aromatic carbocycles. The molecule has 0 aliphatic carbocycles. The first-order valence-electron chi connectivity index (χ1n) is 4.89. The van der Waals surface area contributed by atoms with Crippen LogP contribution in [0.2, 0.25) is 0 Å². The van der Waals surface area contributed by atoms with Crippen LogP contribution in [0.15, 0.2) is 10.7 Å². The van der Waals surface area contributed by atoms with E-state index in [4.69, 9.17) is 4.74 Å². The third-order valence-corrected chi connectivity index (χ3v) is 3.40. The number of ether oxygens (including phenoxy) is 1. The summed E-state index contributed by atoms with van der Waals surface area (Å²) in [6.45, 7) is 3.57. The van der Waals surface area contributed by atoms with Crippen molar-refractivity contribution in [1.29, 1.82) is 0 Å². The van der Waals surface area contributed by atoms with Gasteiger partial charge in [0.2, 0.25) is 0 Å². The second-order valence-electron chi connectivity index (χ2n) is 3.84. The first kappa shape index (κ1) is 11.4. The molecule has 15 heavy (non-hydrogen) atoms. The quantitative estimate of drug-likeness (QED) is 0.784. The van der Waals surface area contributed by atoms with Crippen LogP contribution < -0.4 is 5.32 Å². The average Bonchev–Trinajstić information content (AvgIpc) is 2.74. The number of nitrogens with zero attached hydrogens (tertiary/aromatic N) is 2. The Hall–Kier alpha value is -0.100. The first-order chi connectivity index (χ1) is 6.80. The molecule has 1 saturated heterocycles. The molecular formula is C9H13BrClN3O. The number of rotatable bonds is 0. The van der Waals surface area contributed by atoms with E-state index in [1.54, 1.807) is 0 Å². The van der Waals surface area contributed by atoms with E-state index in [2.05, 4.69) is 37.1 Å². The molecule has 2 aliphatic rings. The van der Waals surface area contributed by atoms with Crippen LogP contribution in [0.3, 0.4) is 0 Å². The summed E-state index contributed by atoms with van der Waals surface area (Å²) in [4.78, 5) is 0. The summed E-state index contributed by atoms with van der Waals surface area (Å²) in [6.07, 6.45) is 1.05. The highest BCUT2D eigenvalue weighted by Gasteiger charge is 2.41. The largest absolute Gasteiger partial charge is 0.365 e. The monoisotopic (exact) mass is 293 g/mol. The molecule has 1 fully saturated rings. The molecule has 6 heteroatoms. The Labute approximate surface area is 103 Å². The summed E-state index contributed by atoms with van der Waals surface area (Å²) in [5, 5.41) is 7.75. The zero-order valence-electron chi connectivity index (χ0n) is 8.20. The molecule has 1 spiro atoms. The topological polar surface area (TPSA) is 39.1 Å². The second kappa shape index (κ2) is 4.05. The van der Waals surface area contributed by atoms with Crippen molar-refractivity contribution in [3.05, 3.63) is 16.4 Å². The molecule has 1 N–H and O–H groups in total. The molecule has 84 valence electrons. The fourth-order valence-corrected chi connectivity index (χ4v) is 2.74. The predicted molar refractivity (Wildman–Crippen MR) is 62.3 cm³/mol. The third kappa shape index (κ3) is 1.71. The second-order valence-corrected chi connectivity index (χ2v) is 4.66. The zero-order valence-corrected chi connectivity index (χ0v) is 10.6. The van der Waals surface area contributed by atoms with Gasteiger partial charge in [-0.15, -0.1) is 12.4 Å². The van der Waals surface area contributed by atoms with Crippen LogP contribution in [0.5, 0.6) is 0 Å². The molecule has 1 atom stereocenters. The van der Waals surface area contributed by atoms with E-state index in [0.29, 0.717) is 0 Å². The van der Waals surface area contributed by atoms with E-state index in [0.717, 1.165) is 37.3 Å². The Morgan fingerprint density at radius 3 is 3.20 bits per heavy atom. The van der Waals surface area contributed by atoms with Gasteiger partial charge in [-0.1, -0.05) is 0 Å². The van der Waals surface area contributed by atoms with E-state index in [1.807, 2.05) is 0 Å². The van der Waals surface area contributed by atoms with Crippen LogP contribution in [0.25, 0.3) is 0 Å².